The molecule has 2 aromatic rings. The number of ether oxygens (including phenoxy) is 1. The number of nitrogens with zero attached hydrogens (tertiary/aromatic N) is 1. The van der Waals surface area contributed by atoms with E-state index in [2.05, 4.69) is 4.74 Å². The molecule has 2 N–H and O–H groups in total. The van der Waals surface area contributed by atoms with Gasteiger partial charge in [0.05, 0.1) is 12.7 Å². The molecule has 0 fully saturated rings. The fraction of sp³-hybridized carbons (Fsp3) is 0.312. The molecule has 0 spiro atoms. The van der Waals surface area contributed by atoms with Crippen LogP contribution < -0.4 is 5.73 Å². The van der Waals surface area contributed by atoms with Crippen LogP contribution in [-0.4, -0.2) is 45.4 Å². The fourth-order valence-corrected chi connectivity index (χ4v) is 4.96. The van der Waals surface area contributed by atoms with Gasteiger partial charge in [-0.05, 0) is 18.1 Å². The van der Waals surface area contributed by atoms with E-state index in [1.807, 2.05) is 30.3 Å². The Hall–Kier alpha value is -1.45. The molecule has 0 aliphatic rings. The van der Waals surface area contributed by atoms with Crippen molar-refractivity contribution in [3.05, 3.63) is 52.9 Å². The zero-order valence-electron chi connectivity index (χ0n) is 13.8. The number of esters is 1. The Kier molecular flexibility index (Phi) is 8.54. The number of nitrogens with two attached hydrogens (primary N) is 1. The van der Waals surface area contributed by atoms with Crippen LogP contribution in [0.2, 0.25) is 0 Å². The Morgan fingerprint density at radius 3 is 2.52 bits per heavy atom. The van der Waals surface area contributed by atoms with Gasteiger partial charge in [-0.2, -0.15) is 4.31 Å². The topological polar surface area (TPSA) is 89.7 Å². The fourth-order valence-electron chi connectivity index (χ4n) is 2.20. The minimum absolute atomic E-state index is 0. The molecule has 138 valence electrons. The van der Waals surface area contributed by atoms with E-state index in [1.54, 1.807) is 0 Å². The minimum atomic E-state index is -3.69. The average Bonchev–Trinajstić information content (AvgIpc) is 3.09. The third-order valence-corrected chi connectivity index (χ3v) is 6.78. The number of methoxy groups -OCH3 is 1. The highest BCUT2D eigenvalue weighted by Gasteiger charge is 2.26. The van der Waals surface area contributed by atoms with Crippen LogP contribution in [0.25, 0.3) is 0 Å². The lowest BCUT2D eigenvalue weighted by Crippen LogP contribution is -2.36. The SMILES string of the molecule is COC(=O)c1csc(S(=O)(=O)N(CCN)CCc2ccccc2)c1.Cl. The zero-order chi connectivity index (χ0) is 17.6. The minimum Gasteiger partial charge on any atom is -0.465 e. The lowest BCUT2D eigenvalue weighted by molar-refractivity contribution is 0.0601. The molecule has 0 amide bonds. The molecule has 9 heteroatoms. The summed E-state index contributed by atoms with van der Waals surface area (Å²) in [5.74, 6) is -0.553. The standard InChI is InChI=1S/C16H20N2O4S2.ClH/c1-22-16(19)14-11-15(23-12-14)24(20,21)18(10-8-17)9-7-13-5-3-2-4-6-13;/h2-6,11-12H,7-10,17H2,1H3;1H. The van der Waals surface area contributed by atoms with E-state index in [0.717, 1.165) is 16.9 Å². The molecule has 1 aromatic carbocycles. The van der Waals surface area contributed by atoms with Gasteiger partial charge in [0.25, 0.3) is 10.0 Å². The molecule has 0 saturated carbocycles. The normalized spacial score (nSPS) is 11.2. The number of halogens is 1. The molecule has 0 radical (unpaired) electrons. The molecule has 0 bridgehead atoms. The monoisotopic (exact) mass is 404 g/mol. The summed E-state index contributed by atoms with van der Waals surface area (Å²) in [6.07, 6.45) is 0.593. The summed E-state index contributed by atoms with van der Waals surface area (Å²) in [5.41, 5.74) is 6.86. The van der Waals surface area contributed by atoms with Gasteiger partial charge in [0, 0.05) is 25.0 Å². The lowest BCUT2D eigenvalue weighted by atomic mass is 10.1. The van der Waals surface area contributed by atoms with Gasteiger partial charge in [0.2, 0.25) is 0 Å². The molecule has 2 rings (SSSR count). The Morgan fingerprint density at radius 1 is 1.24 bits per heavy atom. The Morgan fingerprint density at radius 2 is 1.92 bits per heavy atom. The van der Waals surface area contributed by atoms with Crippen molar-refractivity contribution in [3.8, 4) is 0 Å². The number of carbonyl (C=O) groups is 1. The van der Waals surface area contributed by atoms with E-state index in [9.17, 15) is 13.2 Å². The number of thiophene rings is 1. The third-order valence-electron chi connectivity index (χ3n) is 3.46. The van der Waals surface area contributed by atoms with E-state index < -0.39 is 16.0 Å². The zero-order valence-corrected chi connectivity index (χ0v) is 16.2. The molecule has 6 nitrogen and oxygen atoms in total. The number of rotatable bonds is 8. The second-order valence-electron chi connectivity index (χ2n) is 5.07. The molecular weight excluding hydrogens is 384 g/mol. The van der Waals surface area contributed by atoms with Crippen LogP contribution in [0.3, 0.4) is 0 Å². The van der Waals surface area contributed by atoms with Gasteiger partial charge in [-0.3, -0.25) is 0 Å². The Balaban J connectivity index is 0.00000312. The van der Waals surface area contributed by atoms with E-state index in [0.29, 0.717) is 13.0 Å². The van der Waals surface area contributed by atoms with E-state index in [1.165, 1.54) is 22.9 Å². The first kappa shape index (κ1) is 21.6. The molecular formula is C16H21ClN2O4S2. The van der Waals surface area contributed by atoms with Crippen LogP contribution in [0.4, 0.5) is 0 Å². The van der Waals surface area contributed by atoms with Gasteiger partial charge in [-0.1, -0.05) is 30.3 Å². The van der Waals surface area contributed by atoms with Crippen LogP contribution in [0.5, 0.6) is 0 Å². The van der Waals surface area contributed by atoms with E-state index in [-0.39, 0.29) is 35.3 Å². The van der Waals surface area contributed by atoms with Crippen molar-refractivity contribution in [3.63, 3.8) is 0 Å². The molecule has 1 heterocycles. The van der Waals surface area contributed by atoms with Crippen molar-refractivity contribution in [2.75, 3.05) is 26.7 Å². The van der Waals surface area contributed by atoms with Gasteiger partial charge >= 0.3 is 5.97 Å². The maximum atomic E-state index is 12.8. The highest BCUT2D eigenvalue weighted by molar-refractivity contribution is 7.91. The van der Waals surface area contributed by atoms with Crippen LogP contribution >= 0.6 is 23.7 Å². The summed E-state index contributed by atoms with van der Waals surface area (Å²) in [4.78, 5) is 11.5. The number of hydrogen-bond acceptors (Lipinski definition) is 6. The van der Waals surface area contributed by atoms with Crippen molar-refractivity contribution < 1.29 is 17.9 Å². The number of benzene rings is 1. The van der Waals surface area contributed by atoms with E-state index >= 15 is 0 Å². The van der Waals surface area contributed by atoms with Gasteiger partial charge in [0.15, 0.2) is 0 Å². The first-order valence-corrected chi connectivity index (χ1v) is 9.72. The first-order chi connectivity index (χ1) is 11.5. The average molecular weight is 405 g/mol. The first-order valence-electron chi connectivity index (χ1n) is 7.40. The number of sulfonamides is 1. The third kappa shape index (κ3) is 5.52. The highest BCUT2D eigenvalue weighted by atomic mass is 35.5. The predicted molar refractivity (Wildman–Crippen MR) is 101 cm³/mol. The summed E-state index contributed by atoms with van der Waals surface area (Å²) in [6.45, 7) is 0.777. The second-order valence-corrected chi connectivity index (χ2v) is 8.15. The van der Waals surface area contributed by atoms with Crippen molar-refractivity contribution in [1.82, 2.24) is 4.31 Å². The molecule has 0 unspecified atom stereocenters. The number of carbonyl (C=O) groups excluding carboxylic acids is 1. The highest BCUT2D eigenvalue weighted by Crippen LogP contribution is 2.24. The summed E-state index contributed by atoms with van der Waals surface area (Å²) >= 11 is 1.00. The smallest absolute Gasteiger partial charge is 0.338 e. The quantitative estimate of drug-likeness (QED) is 0.681. The van der Waals surface area contributed by atoms with Crippen LogP contribution in [0.1, 0.15) is 15.9 Å². The second kappa shape index (κ2) is 9.88. The summed E-state index contributed by atoms with van der Waals surface area (Å²) in [6, 6.07) is 11.0. The summed E-state index contributed by atoms with van der Waals surface area (Å²) in [5, 5.41) is 1.48. The molecule has 0 saturated heterocycles. The predicted octanol–water partition coefficient (Wildman–Crippen LogP) is 2.15. The van der Waals surface area contributed by atoms with Crippen LogP contribution in [0.15, 0.2) is 46.0 Å². The maximum absolute atomic E-state index is 12.8. The van der Waals surface area contributed by atoms with Gasteiger partial charge in [-0.15, -0.1) is 23.7 Å². The van der Waals surface area contributed by atoms with Gasteiger partial charge in [-0.25, -0.2) is 13.2 Å². The molecule has 0 atom stereocenters. The van der Waals surface area contributed by atoms with Gasteiger partial charge < -0.3 is 10.5 Å². The Bertz CT molecular complexity index is 778. The largest absolute Gasteiger partial charge is 0.465 e. The van der Waals surface area contributed by atoms with Gasteiger partial charge in [0.1, 0.15) is 4.21 Å². The summed E-state index contributed by atoms with van der Waals surface area (Å²) < 4.78 is 31.7. The number of hydrogen-bond donors (Lipinski definition) is 1. The van der Waals surface area contributed by atoms with Crippen LogP contribution in [0, 0.1) is 0 Å². The van der Waals surface area contributed by atoms with Crippen molar-refractivity contribution in [2.45, 2.75) is 10.6 Å². The Labute approximate surface area is 158 Å². The van der Waals surface area contributed by atoms with Crippen molar-refractivity contribution in [1.29, 1.82) is 0 Å². The van der Waals surface area contributed by atoms with E-state index in [4.69, 9.17) is 5.73 Å². The van der Waals surface area contributed by atoms with Crippen LogP contribution in [-0.2, 0) is 21.2 Å². The molecule has 0 aliphatic carbocycles. The summed E-state index contributed by atoms with van der Waals surface area (Å²) in [7, 11) is -2.43. The molecule has 1 aromatic heterocycles. The van der Waals surface area contributed by atoms with Crippen molar-refractivity contribution >= 4 is 39.7 Å². The molecule has 0 aliphatic heterocycles. The lowest BCUT2D eigenvalue weighted by Gasteiger charge is -2.20. The molecule has 25 heavy (non-hydrogen) atoms. The maximum Gasteiger partial charge on any atom is 0.338 e. The van der Waals surface area contributed by atoms with Crippen molar-refractivity contribution in [2.24, 2.45) is 5.73 Å².